The Bertz CT molecular complexity index is 1340. The van der Waals surface area contributed by atoms with Crippen molar-refractivity contribution in [3.63, 3.8) is 0 Å². The van der Waals surface area contributed by atoms with Crippen LogP contribution in [0.2, 0.25) is 0 Å². The van der Waals surface area contributed by atoms with Gasteiger partial charge in [0.2, 0.25) is 11.8 Å². The molecule has 2 aromatic heterocycles. The molecule has 12 heteroatoms. The molecule has 3 heterocycles. The van der Waals surface area contributed by atoms with Crippen LogP contribution in [-0.2, 0) is 11.3 Å². The quantitative estimate of drug-likeness (QED) is 0.529. The number of nitrogens with one attached hydrogen (secondary N) is 1. The third kappa shape index (κ3) is 5.05. The van der Waals surface area contributed by atoms with Crippen molar-refractivity contribution >= 4 is 23.5 Å². The molecule has 3 fully saturated rings. The van der Waals surface area contributed by atoms with Crippen LogP contribution in [0, 0.1) is 5.92 Å². The third-order valence-corrected chi connectivity index (χ3v) is 7.50. The predicted octanol–water partition coefficient (Wildman–Crippen LogP) is 2.09. The first kappa shape index (κ1) is 26.3. The second-order valence-corrected chi connectivity index (χ2v) is 11.2. The van der Waals surface area contributed by atoms with Crippen LogP contribution in [0.5, 0.6) is 5.88 Å². The molecule has 0 bridgehead atoms. The summed E-state index contributed by atoms with van der Waals surface area (Å²) in [6, 6.07) is -0.115. The summed E-state index contributed by atoms with van der Waals surface area (Å²) in [5, 5.41) is 18.0. The maximum absolute atomic E-state index is 13.2. The molecule has 2 N–H and O–H groups in total. The lowest BCUT2D eigenvalue weighted by Gasteiger charge is -2.46. The Morgan fingerprint density at radius 3 is 2.45 bits per heavy atom. The fourth-order valence-corrected chi connectivity index (χ4v) is 5.26. The normalized spacial score (nSPS) is 20.7. The molecule has 0 aromatic carbocycles. The molecular formula is C26H34F2N6O4. The van der Waals surface area contributed by atoms with Gasteiger partial charge in [-0.3, -0.25) is 23.9 Å². The minimum atomic E-state index is -2.57. The van der Waals surface area contributed by atoms with Crippen molar-refractivity contribution in [3.8, 4) is 5.88 Å². The predicted molar refractivity (Wildman–Crippen MR) is 136 cm³/mol. The standard InChI is InChI=1S/C26H34F2N6O4/c1-15(2)14-33-22-17(13-29-34(22)25(38)20(24(33)37)21(35)30-18-4-5-18)10-16(3)23(36)32-8-6-31(7-9-32)19-11-26(27,28)12-19/h10,13,15,18-19,37H,4-9,11-12,14H2,1-3H3,(H,30,35). The average Bonchev–Trinajstić information content (AvgIpc) is 3.56. The van der Waals surface area contributed by atoms with Gasteiger partial charge in [-0.25, -0.2) is 8.78 Å². The maximum Gasteiger partial charge on any atom is 0.291 e. The first-order chi connectivity index (χ1) is 17.9. The van der Waals surface area contributed by atoms with Crippen LogP contribution >= 0.6 is 0 Å². The first-order valence-corrected chi connectivity index (χ1v) is 13.2. The molecule has 10 nitrogen and oxygen atoms in total. The molecule has 38 heavy (non-hydrogen) atoms. The van der Waals surface area contributed by atoms with Crippen molar-refractivity contribution in [2.24, 2.45) is 5.92 Å². The van der Waals surface area contributed by atoms with E-state index in [-0.39, 0.29) is 42.3 Å². The summed E-state index contributed by atoms with van der Waals surface area (Å²) >= 11 is 0. The summed E-state index contributed by atoms with van der Waals surface area (Å²) in [6.07, 6.45) is 4.51. The molecule has 2 aromatic rings. The monoisotopic (exact) mass is 532 g/mol. The molecule has 1 aliphatic heterocycles. The molecule has 2 amide bonds. The van der Waals surface area contributed by atoms with E-state index in [1.807, 2.05) is 18.7 Å². The van der Waals surface area contributed by atoms with Gasteiger partial charge in [0.25, 0.3) is 17.4 Å². The summed E-state index contributed by atoms with van der Waals surface area (Å²) in [4.78, 5) is 42.9. The van der Waals surface area contributed by atoms with Crippen molar-refractivity contribution in [3.05, 3.63) is 33.3 Å². The largest absolute Gasteiger partial charge is 0.494 e. The lowest BCUT2D eigenvalue weighted by Crippen LogP contribution is -2.57. The van der Waals surface area contributed by atoms with Gasteiger partial charge >= 0.3 is 0 Å². The molecule has 2 saturated carbocycles. The number of nitrogens with zero attached hydrogens (tertiary/aromatic N) is 5. The van der Waals surface area contributed by atoms with Crippen molar-refractivity contribution < 1.29 is 23.5 Å². The summed E-state index contributed by atoms with van der Waals surface area (Å²) in [6.45, 7) is 7.87. The lowest BCUT2D eigenvalue weighted by atomic mass is 9.86. The first-order valence-electron chi connectivity index (χ1n) is 13.2. The van der Waals surface area contributed by atoms with Crippen LogP contribution in [0.1, 0.15) is 62.4 Å². The van der Waals surface area contributed by atoms with Crippen LogP contribution in [0.4, 0.5) is 8.78 Å². The van der Waals surface area contributed by atoms with Gasteiger partial charge in [0.1, 0.15) is 5.65 Å². The van der Waals surface area contributed by atoms with Crippen LogP contribution in [0.15, 0.2) is 16.6 Å². The van der Waals surface area contributed by atoms with Gasteiger partial charge < -0.3 is 15.3 Å². The number of alkyl halides is 2. The zero-order chi connectivity index (χ0) is 27.4. The van der Waals surface area contributed by atoms with E-state index in [4.69, 9.17) is 0 Å². The van der Waals surface area contributed by atoms with Crippen LogP contribution in [-0.4, -0.2) is 85.1 Å². The number of halogens is 2. The second kappa shape index (κ2) is 9.79. The van der Waals surface area contributed by atoms with Gasteiger partial charge in [0.15, 0.2) is 5.56 Å². The highest BCUT2D eigenvalue weighted by Crippen LogP contribution is 2.40. The zero-order valence-corrected chi connectivity index (χ0v) is 21.9. The van der Waals surface area contributed by atoms with Gasteiger partial charge in [0.05, 0.1) is 6.20 Å². The lowest BCUT2D eigenvalue weighted by molar-refractivity contribution is -0.139. The Hall–Kier alpha value is -3.28. The number of aromatic nitrogens is 3. The molecular weight excluding hydrogens is 498 g/mol. The van der Waals surface area contributed by atoms with Gasteiger partial charge in [-0.1, -0.05) is 13.8 Å². The summed E-state index contributed by atoms with van der Waals surface area (Å²) < 4.78 is 29.1. The SMILES string of the molecule is CC(=Cc1cnn2c(=O)c(C(=O)NC3CC3)c(O)n(CC(C)C)c12)C(=O)N1CCN(C2CC(F)(F)C2)CC1. The highest BCUT2D eigenvalue weighted by atomic mass is 19.3. The number of hydrogen-bond donors (Lipinski definition) is 2. The average molecular weight is 533 g/mol. The number of amides is 2. The van der Waals surface area contributed by atoms with Crippen molar-refractivity contribution in [1.82, 2.24) is 29.3 Å². The van der Waals surface area contributed by atoms with E-state index in [0.29, 0.717) is 49.5 Å². The van der Waals surface area contributed by atoms with Gasteiger partial charge in [-0.15, -0.1) is 0 Å². The van der Waals surface area contributed by atoms with E-state index in [9.17, 15) is 28.3 Å². The number of piperazine rings is 1. The van der Waals surface area contributed by atoms with E-state index < -0.39 is 23.3 Å². The fraction of sp³-hybridized carbons (Fsp3) is 0.615. The van der Waals surface area contributed by atoms with E-state index >= 15 is 0 Å². The Morgan fingerprint density at radius 1 is 1.21 bits per heavy atom. The van der Waals surface area contributed by atoms with Crippen LogP contribution in [0.25, 0.3) is 11.7 Å². The number of hydrogen-bond acceptors (Lipinski definition) is 6. The zero-order valence-electron chi connectivity index (χ0n) is 21.9. The minimum Gasteiger partial charge on any atom is -0.494 e. The Morgan fingerprint density at radius 2 is 1.87 bits per heavy atom. The van der Waals surface area contributed by atoms with E-state index in [0.717, 1.165) is 17.4 Å². The number of fused-ring (bicyclic) bond motifs is 1. The molecule has 0 atom stereocenters. The summed E-state index contributed by atoms with van der Waals surface area (Å²) in [5.41, 5.74) is 0.109. The highest BCUT2D eigenvalue weighted by Gasteiger charge is 2.48. The number of rotatable bonds is 7. The molecule has 2 aliphatic carbocycles. The van der Waals surface area contributed by atoms with E-state index in [1.165, 1.54) is 10.8 Å². The molecule has 1 saturated heterocycles. The molecule has 3 aliphatic rings. The summed E-state index contributed by atoms with van der Waals surface area (Å²) in [7, 11) is 0. The topological polar surface area (TPSA) is 112 Å². The smallest absolute Gasteiger partial charge is 0.291 e. The van der Waals surface area contributed by atoms with E-state index in [1.54, 1.807) is 17.9 Å². The van der Waals surface area contributed by atoms with Crippen molar-refractivity contribution in [2.75, 3.05) is 26.2 Å². The summed E-state index contributed by atoms with van der Waals surface area (Å²) in [5.74, 6) is -3.74. The number of carbonyl (C=O) groups is 2. The molecule has 5 rings (SSSR count). The van der Waals surface area contributed by atoms with Crippen LogP contribution < -0.4 is 10.9 Å². The van der Waals surface area contributed by atoms with Gasteiger partial charge in [-0.05, 0) is 31.8 Å². The Balaban J connectivity index is 1.40. The number of aromatic hydroxyl groups is 1. The fourth-order valence-electron chi connectivity index (χ4n) is 5.26. The molecule has 206 valence electrons. The van der Waals surface area contributed by atoms with Crippen molar-refractivity contribution in [2.45, 2.75) is 71.0 Å². The van der Waals surface area contributed by atoms with E-state index in [2.05, 4.69) is 10.4 Å². The Kier molecular flexibility index (Phi) is 6.79. The second-order valence-electron chi connectivity index (χ2n) is 11.2. The van der Waals surface area contributed by atoms with Crippen LogP contribution in [0.3, 0.4) is 0 Å². The molecule has 0 unspecified atom stereocenters. The van der Waals surface area contributed by atoms with Gasteiger partial charge in [0, 0.05) is 68.8 Å². The number of carbonyl (C=O) groups excluding carboxylic acids is 2. The molecule has 0 radical (unpaired) electrons. The van der Waals surface area contributed by atoms with Gasteiger partial charge in [-0.2, -0.15) is 9.61 Å². The minimum absolute atomic E-state index is 0.0110. The third-order valence-electron chi connectivity index (χ3n) is 7.50. The highest BCUT2D eigenvalue weighted by molar-refractivity contribution is 5.99. The Labute approximate surface area is 218 Å². The molecule has 0 spiro atoms. The van der Waals surface area contributed by atoms with Crippen molar-refractivity contribution in [1.29, 1.82) is 0 Å². The maximum atomic E-state index is 13.2.